The minimum Gasteiger partial charge on any atom is -0.503 e. The van der Waals surface area contributed by atoms with Crippen LogP contribution in [0.1, 0.15) is 78.6 Å². The number of benzene rings is 1. The van der Waals surface area contributed by atoms with Crippen LogP contribution in [0.4, 0.5) is 24.7 Å². The molecule has 3 aromatic heterocycles. The molecule has 280 valence electrons. The Morgan fingerprint density at radius 2 is 1.96 bits per heavy atom. The fraction of sp³-hybridized carbons (Fsp3) is 0.457. The zero-order chi connectivity index (χ0) is 37.8. The quantitative estimate of drug-likeness (QED) is 0.272. The van der Waals surface area contributed by atoms with Crippen LogP contribution in [-0.4, -0.2) is 90.8 Å². The molecule has 0 bridgehead atoms. The van der Waals surface area contributed by atoms with E-state index in [9.17, 15) is 32.7 Å². The summed E-state index contributed by atoms with van der Waals surface area (Å²) in [7, 11) is 1.75. The molecule has 1 spiro atoms. The first-order valence-corrected chi connectivity index (χ1v) is 17.6. The molecule has 1 saturated heterocycles. The highest BCUT2D eigenvalue weighted by Crippen LogP contribution is 2.50. The van der Waals surface area contributed by atoms with E-state index in [2.05, 4.69) is 20.4 Å². The number of alkyl halides is 3. The highest BCUT2D eigenvalue weighted by molar-refractivity contribution is 6.33. The molecule has 53 heavy (non-hydrogen) atoms. The van der Waals surface area contributed by atoms with Gasteiger partial charge in [-0.2, -0.15) is 22.7 Å². The number of aromatic nitrogens is 6. The summed E-state index contributed by atoms with van der Waals surface area (Å²) in [5.41, 5.74) is -0.206. The minimum absolute atomic E-state index is 0.00219. The van der Waals surface area contributed by atoms with Crippen molar-refractivity contribution in [2.75, 3.05) is 50.1 Å². The third-order valence-electron chi connectivity index (χ3n) is 10.5. The first-order chi connectivity index (χ1) is 25.2. The van der Waals surface area contributed by atoms with E-state index in [1.807, 2.05) is 19.9 Å². The largest absolute Gasteiger partial charge is 0.503 e. The number of rotatable bonds is 7. The van der Waals surface area contributed by atoms with Crippen molar-refractivity contribution in [3.05, 3.63) is 74.3 Å². The molecule has 18 heteroatoms. The van der Waals surface area contributed by atoms with Gasteiger partial charge in [0.05, 0.1) is 29.5 Å². The molecule has 4 aromatic rings. The predicted octanol–water partition coefficient (Wildman–Crippen LogP) is 4.64. The maximum atomic E-state index is 14.5. The zero-order valence-electron chi connectivity index (χ0n) is 29.2. The van der Waals surface area contributed by atoms with Crippen LogP contribution in [0.15, 0.2) is 35.4 Å². The number of carbonyl (C=O) groups is 2. The standard InChI is InChI=1S/C35H37ClF3N9O5/c1-4-45(3)30-28(50)26(40-18-41-30)32(52)46-11-9-34(10-12-46)16-19(2)27-25(34)31(51)48-33(43-29(44-48)20-7-13-53-14-8-20)47(27)17-24(49)42-23-6-5-21(15-22(23)36)35(37,38)39/h5-7,15,18-19,50H,4,8-14,16-17H2,1-3H3,(H,42,49). The molecular formula is C35H37ClF3N9O5. The third kappa shape index (κ3) is 6.49. The number of ether oxygens (including phenoxy) is 1. The molecule has 3 aliphatic rings. The summed E-state index contributed by atoms with van der Waals surface area (Å²) in [6.45, 7) is 5.43. The summed E-state index contributed by atoms with van der Waals surface area (Å²) in [6.07, 6.45) is 0.396. The molecule has 1 fully saturated rings. The Hall–Kier alpha value is -5.03. The third-order valence-corrected chi connectivity index (χ3v) is 10.8. The van der Waals surface area contributed by atoms with Gasteiger partial charge >= 0.3 is 6.18 Å². The average Bonchev–Trinajstić information content (AvgIpc) is 3.71. The number of hydrogen-bond donors (Lipinski definition) is 2. The maximum absolute atomic E-state index is 14.5. The van der Waals surface area contributed by atoms with Crippen molar-refractivity contribution in [3.8, 4) is 5.75 Å². The van der Waals surface area contributed by atoms with Crippen LogP contribution >= 0.6 is 11.6 Å². The van der Waals surface area contributed by atoms with E-state index >= 15 is 0 Å². The van der Waals surface area contributed by atoms with E-state index in [-0.39, 0.29) is 64.9 Å². The predicted molar refractivity (Wildman–Crippen MR) is 188 cm³/mol. The fourth-order valence-corrected chi connectivity index (χ4v) is 7.94. The summed E-state index contributed by atoms with van der Waals surface area (Å²) in [5, 5.41) is 17.8. The van der Waals surface area contributed by atoms with E-state index in [1.165, 1.54) is 10.8 Å². The lowest BCUT2D eigenvalue weighted by Gasteiger charge is -2.39. The number of hydrogen-bond acceptors (Lipinski definition) is 10. The summed E-state index contributed by atoms with van der Waals surface area (Å²) >= 11 is 6.16. The number of carbonyl (C=O) groups excluding carboxylic acids is 2. The van der Waals surface area contributed by atoms with Gasteiger partial charge in [-0.25, -0.2) is 9.97 Å². The van der Waals surface area contributed by atoms with Crippen molar-refractivity contribution in [2.45, 2.75) is 63.6 Å². The van der Waals surface area contributed by atoms with Gasteiger partial charge in [0.15, 0.2) is 23.1 Å². The molecule has 2 N–H and O–H groups in total. The van der Waals surface area contributed by atoms with Gasteiger partial charge in [-0.1, -0.05) is 24.6 Å². The Labute approximate surface area is 306 Å². The Morgan fingerprint density at radius 3 is 2.62 bits per heavy atom. The van der Waals surface area contributed by atoms with Gasteiger partial charge in [-0.15, -0.1) is 5.10 Å². The van der Waals surface area contributed by atoms with Crippen molar-refractivity contribution in [2.24, 2.45) is 0 Å². The Kier molecular flexibility index (Phi) is 9.42. The number of likely N-dealkylation sites (tertiary alicyclic amines) is 1. The normalized spacial score (nSPS) is 18.3. The molecule has 1 atom stereocenters. The lowest BCUT2D eigenvalue weighted by molar-refractivity contribution is -0.137. The van der Waals surface area contributed by atoms with Crippen LogP contribution in [-0.2, 0) is 27.7 Å². The van der Waals surface area contributed by atoms with Gasteiger partial charge < -0.3 is 29.5 Å². The number of aromatic hydroxyl groups is 1. The summed E-state index contributed by atoms with van der Waals surface area (Å²) < 4.78 is 48.1. The fourth-order valence-electron chi connectivity index (χ4n) is 7.71. The van der Waals surface area contributed by atoms with Gasteiger partial charge in [-0.3, -0.25) is 14.4 Å². The van der Waals surface area contributed by atoms with E-state index < -0.39 is 29.0 Å². The first-order valence-electron chi connectivity index (χ1n) is 17.2. The van der Waals surface area contributed by atoms with Crippen LogP contribution in [0.25, 0.3) is 11.4 Å². The second kappa shape index (κ2) is 13.7. The van der Waals surface area contributed by atoms with Crippen LogP contribution in [0.3, 0.4) is 0 Å². The summed E-state index contributed by atoms with van der Waals surface area (Å²) in [5.74, 6) is -0.842. The van der Waals surface area contributed by atoms with E-state index in [4.69, 9.17) is 21.3 Å². The average molecular weight is 756 g/mol. The van der Waals surface area contributed by atoms with Crippen molar-refractivity contribution in [1.29, 1.82) is 0 Å². The van der Waals surface area contributed by atoms with Crippen molar-refractivity contribution < 1.29 is 32.6 Å². The summed E-state index contributed by atoms with van der Waals surface area (Å²) in [4.78, 5) is 58.0. The van der Waals surface area contributed by atoms with Gasteiger partial charge in [0.2, 0.25) is 11.7 Å². The molecule has 0 radical (unpaired) electrons. The number of piperidine rings is 1. The number of anilines is 2. The van der Waals surface area contributed by atoms with Gasteiger partial charge in [-0.05, 0) is 62.3 Å². The minimum atomic E-state index is -4.61. The molecule has 1 aromatic carbocycles. The van der Waals surface area contributed by atoms with E-state index in [0.29, 0.717) is 62.5 Å². The van der Waals surface area contributed by atoms with Crippen LogP contribution in [0, 0.1) is 0 Å². The molecule has 14 nitrogen and oxygen atoms in total. The molecule has 7 rings (SSSR count). The zero-order valence-corrected chi connectivity index (χ0v) is 30.0. The van der Waals surface area contributed by atoms with Crippen LogP contribution in [0.2, 0.25) is 5.02 Å². The van der Waals surface area contributed by atoms with Crippen molar-refractivity contribution in [3.63, 3.8) is 0 Å². The topological polar surface area (TPSA) is 160 Å². The van der Waals surface area contributed by atoms with E-state index in [0.717, 1.165) is 23.8 Å². The molecule has 2 aliphatic heterocycles. The molecule has 1 aliphatic carbocycles. The van der Waals surface area contributed by atoms with Crippen molar-refractivity contribution >= 4 is 46.3 Å². The highest BCUT2D eigenvalue weighted by atomic mass is 35.5. The van der Waals surface area contributed by atoms with Gasteiger partial charge in [0.1, 0.15) is 12.9 Å². The van der Waals surface area contributed by atoms with Gasteiger partial charge in [0.25, 0.3) is 11.5 Å². The first kappa shape index (κ1) is 36.3. The smallest absolute Gasteiger partial charge is 0.416 e. The molecule has 2 amide bonds. The molecule has 0 saturated carbocycles. The maximum Gasteiger partial charge on any atom is 0.416 e. The monoisotopic (exact) mass is 755 g/mol. The number of amides is 2. The lowest BCUT2D eigenvalue weighted by Crippen LogP contribution is -2.46. The van der Waals surface area contributed by atoms with Gasteiger partial charge in [0, 0.05) is 43.4 Å². The number of fused-ring (bicyclic) bond motifs is 3. The van der Waals surface area contributed by atoms with E-state index in [1.54, 1.807) is 21.4 Å². The SMILES string of the molecule is CCN(C)c1ncnc(C(=O)N2CCC3(CC2)CC(C)c2c3c(=O)n3nc(C4=CCOCC4)nc3n2CC(=O)Nc2ccc(C(F)(F)F)cc2Cl)c1O. The Bertz CT molecular complexity index is 2210. The summed E-state index contributed by atoms with van der Waals surface area (Å²) in [6, 6.07) is 2.68. The second-order valence-electron chi connectivity index (χ2n) is 13.7. The van der Waals surface area contributed by atoms with Crippen LogP contribution < -0.4 is 15.8 Å². The van der Waals surface area contributed by atoms with Crippen molar-refractivity contribution in [1.82, 2.24) is 34.0 Å². The van der Waals surface area contributed by atoms with Crippen LogP contribution in [0.5, 0.6) is 5.75 Å². The second-order valence-corrected chi connectivity index (χ2v) is 14.1. The molecule has 5 heterocycles. The highest BCUT2D eigenvalue weighted by Gasteiger charge is 2.49. The number of halogens is 4. The molecule has 1 unspecified atom stereocenters. The number of nitrogens with one attached hydrogen (secondary N) is 1. The number of nitrogens with zero attached hydrogens (tertiary/aromatic N) is 8. The molecular weight excluding hydrogens is 719 g/mol. The Morgan fingerprint density at radius 1 is 1.21 bits per heavy atom. The Balaban J connectivity index is 1.24. The lowest BCUT2D eigenvalue weighted by atomic mass is 9.73.